The summed E-state index contributed by atoms with van der Waals surface area (Å²) >= 11 is 1.24. The minimum Gasteiger partial charge on any atom is -0.505 e. The number of nitrogens with zero attached hydrogens (tertiary/aromatic N) is 6. The number of phenols is 1. The lowest BCUT2D eigenvalue weighted by molar-refractivity contribution is -0.384. The molecular weight excluding hydrogens is 436 g/mol. The molecule has 3 aromatic carbocycles. The molecular formula is C20H12N6O5S. The topological polar surface area (TPSA) is 156 Å². The number of fused-ring (bicyclic) bond motifs is 1. The summed E-state index contributed by atoms with van der Waals surface area (Å²) in [4.78, 5) is 29.4. The van der Waals surface area contributed by atoms with E-state index in [1.165, 1.54) is 53.9 Å². The Bertz CT molecular complexity index is 1410. The van der Waals surface area contributed by atoms with Crippen LogP contribution < -0.4 is 0 Å². The summed E-state index contributed by atoms with van der Waals surface area (Å²) in [6.07, 6.45) is 1.38. The highest BCUT2D eigenvalue weighted by molar-refractivity contribution is 7.22. The van der Waals surface area contributed by atoms with Crippen molar-refractivity contribution in [1.29, 1.82) is 0 Å². The van der Waals surface area contributed by atoms with Gasteiger partial charge in [0, 0.05) is 30.0 Å². The van der Waals surface area contributed by atoms with Crippen molar-refractivity contribution in [1.82, 2.24) is 4.98 Å². The Labute approximate surface area is 183 Å². The van der Waals surface area contributed by atoms with Crippen molar-refractivity contribution < 1.29 is 15.0 Å². The molecule has 0 aliphatic rings. The zero-order chi connectivity index (χ0) is 22.7. The maximum atomic E-state index is 11.1. The predicted molar refractivity (Wildman–Crippen MR) is 119 cm³/mol. The molecule has 1 heterocycles. The summed E-state index contributed by atoms with van der Waals surface area (Å²) in [5.74, 6) is -0.213. The minimum atomic E-state index is -0.566. The Morgan fingerprint density at radius 2 is 1.69 bits per heavy atom. The van der Waals surface area contributed by atoms with Gasteiger partial charge in [0.25, 0.3) is 11.4 Å². The lowest BCUT2D eigenvalue weighted by atomic mass is 10.2. The van der Waals surface area contributed by atoms with Gasteiger partial charge in [0.05, 0.1) is 20.1 Å². The highest BCUT2D eigenvalue weighted by atomic mass is 32.1. The number of non-ortho nitro benzene ring substituents is 1. The normalized spacial score (nSPS) is 11.5. The van der Waals surface area contributed by atoms with E-state index >= 15 is 0 Å². The third kappa shape index (κ3) is 4.29. The number of nitro benzene ring substituents is 2. The van der Waals surface area contributed by atoms with Gasteiger partial charge in [0.15, 0.2) is 11.4 Å². The van der Waals surface area contributed by atoms with Crippen molar-refractivity contribution in [3.8, 4) is 5.75 Å². The van der Waals surface area contributed by atoms with Crippen LogP contribution in [0.15, 0.2) is 75.9 Å². The van der Waals surface area contributed by atoms with Crippen molar-refractivity contribution in [2.24, 2.45) is 15.2 Å². The van der Waals surface area contributed by atoms with Crippen LogP contribution in [0.5, 0.6) is 5.75 Å². The molecule has 0 saturated heterocycles. The van der Waals surface area contributed by atoms with Crippen LogP contribution in [0.1, 0.15) is 5.56 Å². The molecule has 0 fully saturated rings. The summed E-state index contributed by atoms with van der Waals surface area (Å²) in [6.45, 7) is 0. The Kier molecular flexibility index (Phi) is 5.59. The Morgan fingerprint density at radius 1 is 0.938 bits per heavy atom. The standard InChI is InChI=1S/C20H12N6O5S/c27-19-12(11-21-20-22-16-10-13(25(28)29)8-9-18(16)32-20)4-3-6-15(19)24-23-14-5-1-2-7-17(14)26(30)31/h1-11,27H/b21-11+,24-23?. The number of rotatable bonds is 6. The molecule has 0 atom stereocenters. The number of aliphatic imine (C=N–C) groups is 1. The maximum Gasteiger partial charge on any atom is 0.296 e. The van der Waals surface area contributed by atoms with Crippen LogP contribution in [0.3, 0.4) is 0 Å². The Morgan fingerprint density at radius 3 is 2.47 bits per heavy atom. The largest absolute Gasteiger partial charge is 0.505 e. The van der Waals surface area contributed by atoms with Crippen LogP contribution in [0.25, 0.3) is 10.2 Å². The van der Waals surface area contributed by atoms with Crippen LogP contribution >= 0.6 is 11.3 Å². The average Bonchev–Trinajstić information content (AvgIpc) is 3.19. The van der Waals surface area contributed by atoms with E-state index in [1.54, 1.807) is 24.3 Å². The third-order valence-corrected chi connectivity index (χ3v) is 5.22. The van der Waals surface area contributed by atoms with Crippen molar-refractivity contribution >= 4 is 55.6 Å². The molecule has 4 rings (SSSR count). The molecule has 11 nitrogen and oxygen atoms in total. The van der Waals surface area contributed by atoms with E-state index in [4.69, 9.17) is 0 Å². The smallest absolute Gasteiger partial charge is 0.296 e. The van der Waals surface area contributed by atoms with Crippen LogP contribution in [0.2, 0.25) is 0 Å². The molecule has 0 radical (unpaired) electrons. The zero-order valence-corrected chi connectivity index (χ0v) is 16.8. The first-order valence-corrected chi connectivity index (χ1v) is 9.80. The summed E-state index contributed by atoms with van der Waals surface area (Å²) in [5, 5.41) is 40.6. The van der Waals surface area contributed by atoms with Gasteiger partial charge in [0.1, 0.15) is 5.69 Å². The van der Waals surface area contributed by atoms with E-state index in [2.05, 4.69) is 20.2 Å². The average molecular weight is 448 g/mol. The molecule has 0 aliphatic heterocycles. The molecule has 0 spiro atoms. The number of benzene rings is 3. The Balaban J connectivity index is 1.60. The fourth-order valence-corrected chi connectivity index (χ4v) is 3.53. The van der Waals surface area contributed by atoms with Crippen molar-refractivity contribution in [3.63, 3.8) is 0 Å². The fraction of sp³-hybridized carbons (Fsp3) is 0. The van der Waals surface area contributed by atoms with Crippen molar-refractivity contribution in [2.45, 2.75) is 0 Å². The molecule has 0 saturated carbocycles. The van der Waals surface area contributed by atoms with E-state index in [0.717, 1.165) is 4.70 Å². The highest BCUT2D eigenvalue weighted by Gasteiger charge is 2.13. The van der Waals surface area contributed by atoms with Gasteiger partial charge in [-0.2, -0.15) is 0 Å². The van der Waals surface area contributed by atoms with Crippen LogP contribution in [0, 0.1) is 20.2 Å². The summed E-state index contributed by atoms with van der Waals surface area (Å²) in [5.41, 5.74) is 0.672. The van der Waals surface area contributed by atoms with Gasteiger partial charge >= 0.3 is 0 Å². The Hall–Kier alpha value is -4.58. The number of aromatic nitrogens is 1. The van der Waals surface area contributed by atoms with Crippen LogP contribution in [-0.4, -0.2) is 26.2 Å². The summed E-state index contributed by atoms with van der Waals surface area (Å²) in [7, 11) is 0. The SMILES string of the molecule is O=[N+]([O-])c1ccc2sc(/N=C/c3cccc(N=Nc4ccccc4[N+](=O)[O-])c3O)nc2c1. The quantitative estimate of drug-likeness (QED) is 0.165. The molecule has 0 unspecified atom stereocenters. The summed E-state index contributed by atoms with van der Waals surface area (Å²) in [6, 6.07) is 15.0. The van der Waals surface area contributed by atoms with Gasteiger partial charge in [-0.1, -0.05) is 29.5 Å². The van der Waals surface area contributed by atoms with Gasteiger partial charge in [-0.25, -0.2) is 9.98 Å². The second-order valence-corrected chi connectivity index (χ2v) is 7.33. The van der Waals surface area contributed by atoms with Crippen LogP contribution in [-0.2, 0) is 0 Å². The molecule has 0 bridgehead atoms. The zero-order valence-electron chi connectivity index (χ0n) is 16.0. The predicted octanol–water partition coefficient (Wildman–Crippen LogP) is 5.98. The summed E-state index contributed by atoms with van der Waals surface area (Å²) < 4.78 is 0.735. The van der Waals surface area contributed by atoms with Crippen LogP contribution in [0.4, 0.5) is 27.9 Å². The van der Waals surface area contributed by atoms with Gasteiger partial charge in [0.2, 0.25) is 5.13 Å². The van der Waals surface area contributed by atoms with Gasteiger partial charge in [-0.15, -0.1) is 10.2 Å². The van der Waals surface area contributed by atoms with E-state index in [0.29, 0.717) is 16.2 Å². The van der Waals surface area contributed by atoms with Gasteiger partial charge < -0.3 is 5.11 Å². The molecule has 4 aromatic rings. The molecule has 12 heteroatoms. The van der Waals surface area contributed by atoms with Gasteiger partial charge in [-0.3, -0.25) is 20.2 Å². The number of aromatic hydroxyl groups is 1. The molecule has 0 aliphatic carbocycles. The van der Waals surface area contributed by atoms with E-state index in [-0.39, 0.29) is 28.5 Å². The first kappa shape index (κ1) is 20.7. The van der Waals surface area contributed by atoms with Gasteiger partial charge in [-0.05, 0) is 24.3 Å². The number of azo groups is 1. The molecule has 1 aromatic heterocycles. The number of thiazole rings is 1. The monoisotopic (exact) mass is 448 g/mol. The second-order valence-electron chi connectivity index (χ2n) is 6.32. The fourth-order valence-electron chi connectivity index (χ4n) is 2.74. The number of nitro groups is 2. The molecule has 1 N–H and O–H groups in total. The van der Waals surface area contributed by atoms with E-state index in [1.807, 2.05) is 0 Å². The number of phenolic OH excluding ortho intramolecular Hbond substituents is 1. The molecule has 158 valence electrons. The maximum absolute atomic E-state index is 11.1. The lowest BCUT2D eigenvalue weighted by Crippen LogP contribution is -1.87. The molecule has 0 amide bonds. The number of hydrogen-bond acceptors (Lipinski definition) is 10. The first-order valence-electron chi connectivity index (χ1n) is 8.98. The first-order chi connectivity index (χ1) is 15.4. The number of hydrogen-bond donors (Lipinski definition) is 1. The minimum absolute atomic E-state index is 0.0551. The van der Waals surface area contributed by atoms with E-state index < -0.39 is 9.85 Å². The second kappa shape index (κ2) is 8.65. The highest BCUT2D eigenvalue weighted by Crippen LogP contribution is 2.34. The number of para-hydroxylation sites is 2. The van der Waals surface area contributed by atoms with E-state index in [9.17, 15) is 25.3 Å². The van der Waals surface area contributed by atoms with Crippen molar-refractivity contribution in [2.75, 3.05) is 0 Å². The lowest BCUT2D eigenvalue weighted by Gasteiger charge is -2.01. The van der Waals surface area contributed by atoms with Crippen molar-refractivity contribution in [3.05, 3.63) is 86.5 Å². The molecule has 32 heavy (non-hydrogen) atoms. The third-order valence-electron chi connectivity index (χ3n) is 4.27.